The van der Waals surface area contributed by atoms with Gasteiger partial charge in [-0.25, -0.2) is 4.79 Å². The SMILES string of the molecule is CCCCC(c1ccccc1)C(O)(CCCC)C(=O)O. The van der Waals surface area contributed by atoms with E-state index >= 15 is 0 Å². The largest absolute Gasteiger partial charge is 0.479 e. The summed E-state index contributed by atoms with van der Waals surface area (Å²) in [4.78, 5) is 11.7. The maximum atomic E-state index is 11.7. The van der Waals surface area contributed by atoms with Crippen molar-refractivity contribution in [3.63, 3.8) is 0 Å². The molecule has 0 aliphatic carbocycles. The number of carboxylic acid groups (broad SMARTS) is 1. The van der Waals surface area contributed by atoms with Gasteiger partial charge in [0.1, 0.15) is 0 Å². The molecule has 0 aliphatic rings. The van der Waals surface area contributed by atoms with Crippen LogP contribution in [0.1, 0.15) is 63.9 Å². The Labute approximate surface area is 121 Å². The summed E-state index contributed by atoms with van der Waals surface area (Å²) in [6.07, 6.45) is 4.52. The smallest absolute Gasteiger partial charge is 0.336 e. The van der Waals surface area contributed by atoms with Crippen molar-refractivity contribution in [1.82, 2.24) is 0 Å². The van der Waals surface area contributed by atoms with Crippen LogP contribution in [0, 0.1) is 0 Å². The van der Waals surface area contributed by atoms with Gasteiger partial charge in [0.2, 0.25) is 0 Å². The highest BCUT2D eigenvalue weighted by Crippen LogP contribution is 2.37. The fourth-order valence-electron chi connectivity index (χ4n) is 2.65. The zero-order valence-corrected chi connectivity index (χ0v) is 12.5. The molecule has 0 amide bonds. The van der Waals surface area contributed by atoms with E-state index in [0.717, 1.165) is 31.2 Å². The number of aliphatic carboxylic acids is 1. The van der Waals surface area contributed by atoms with Crippen LogP contribution >= 0.6 is 0 Å². The Bertz CT molecular complexity index is 402. The van der Waals surface area contributed by atoms with Crippen LogP contribution in [0.25, 0.3) is 0 Å². The third-order valence-electron chi connectivity index (χ3n) is 3.91. The highest BCUT2D eigenvalue weighted by Gasteiger charge is 2.43. The van der Waals surface area contributed by atoms with E-state index in [9.17, 15) is 15.0 Å². The van der Waals surface area contributed by atoms with Gasteiger partial charge in [-0.1, -0.05) is 69.9 Å². The average molecular weight is 278 g/mol. The Morgan fingerprint density at radius 1 is 1.15 bits per heavy atom. The quantitative estimate of drug-likeness (QED) is 0.718. The van der Waals surface area contributed by atoms with Crippen LogP contribution in [0.4, 0.5) is 0 Å². The second-order valence-corrected chi connectivity index (χ2v) is 5.44. The summed E-state index contributed by atoms with van der Waals surface area (Å²) in [5, 5.41) is 20.3. The van der Waals surface area contributed by atoms with Crippen molar-refractivity contribution in [1.29, 1.82) is 0 Å². The van der Waals surface area contributed by atoms with E-state index in [4.69, 9.17) is 0 Å². The predicted molar refractivity (Wildman–Crippen MR) is 80.8 cm³/mol. The van der Waals surface area contributed by atoms with Crippen molar-refractivity contribution < 1.29 is 15.0 Å². The highest BCUT2D eigenvalue weighted by molar-refractivity contribution is 5.78. The number of rotatable bonds is 9. The van der Waals surface area contributed by atoms with Crippen molar-refractivity contribution in [2.45, 2.75) is 63.9 Å². The Morgan fingerprint density at radius 2 is 1.75 bits per heavy atom. The molecule has 0 radical (unpaired) electrons. The molecule has 3 heteroatoms. The summed E-state index contributed by atoms with van der Waals surface area (Å²) in [7, 11) is 0. The van der Waals surface area contributed by atoms with Gasteiger partial charge in [-0.05, 0) is 18.4 Å². The predicted octanol–water partition coefficient (Wildman–Crippen LogP) is 3.97. The molecule has 0 spiro atoms. The highest BCUT2D eigenvalue weighted by atomic mass is 16.4. The number of hydrogen-bond donors (Lipinski definition) is 2. The van der Waals surface area contributed by atoms with Gasteiger partial charge < -0.3 is 10.2 Å². The lowest BCUT2D eigenvalue weighted by Gasteiger charge is -2.33. The summed E-state index contributed by atoms with van der Waals surface area (Å²) in [5.74, 6) is -1.44. The molecule has 20 heavy (non-hydrogen) atoms. The first kappa shape index (κ1) is 16.7. The molecule has 0 bridgehead atoms. The molecule has 1 aromatic carbocycles. The third kappa shape index (κ3) is 4.07. The Hall–Kier alpha value is -1.35. The van der Waals surface area contributed by atoms with E-state index in [1.165, 1.54) is 0 Å². The lowest BCUT2D eigenvalue weighted by molar-refractivity contribution is -0.162. The summed E-state index contributed by atoms with van der Waals surface area (Å²) >= 11 is 0. The minimum Gasteiger partial charge on any atom is -0.479 e. The van der Waals surface area contributed by atoms with Gasteiger partial charge >= 0.3 is 5.97 Å². The second-order valence-electron chi connectivity index (χ2n) is 5.44. The molecule has 0 saturated heterocycles. The van der Waals surface area contributed by atoms with E-state index in [0.29, 0.717) is 12.8 Å². The fourth-order valence-corrected chi connectivity index (χ4v) is 2.65. The van der Waals surface area contributed by atoms with Gasteiger partial charge in [-0.3, -0.25) is 0 Å². The van der Waals surface area contributed by atoms with Crippen molar-refractivity contribution >= 4 is 5.97 Å². The van der Waals surface area contributed by atoms with Gasteiger partial charge in [-0.2, -0.15) is 0 Å². The minimum atomic E-state index is -1.66. The van der Waals surface area contributed by atoms with Crippen molar-refractivity contribution in [2.75, 3.05) is 0 Å². The Morgan fingerprint density at radius 3 is 2.25 bits per heavy atom. The topological polar surface area (TPSA) is 57.5 Å². The second kappa shape index (κ2) is 8.05. The van der Waals surface area contributed by atoms with E-state index in [1.807, 2.05) is 37.3 Å². The number of unbranched alkanes of at least 4 members (excludes halogenated alkanes) is 2. The van der Waals surface area contributed by atoms with Crippen molar-refractivity contribution in [3.8, 4) is 0 Å². The van der Waals surface area contributed by atoms with Crippen LogP contribution in [0.15, 0.2) is 30.3 Å². The molecular formula is C17H26O3. The molecule has 2 unspecified atom stereocenters. The summed E-state index contributed by atoms with van der Waals surface area (Å²) in [5.41, 5.74) is -0.742. The molecule has 1 rings (SSSR count). The molecule has 2 N–H and O–H groups in total. The van der Waals surface area contributed by atoms with Gasteiger partial charge in [0.25, 0.3) is 0 Å². The van der Waals surface area contributed by atoms with Crippen LogP contribution < -0.4 is 0 Å². The summed E-state index contributed by atoms with van der Waals surface area (Å²) in [6, 6.07) is 9.54. The monoisotopic (exact) mass is 278 g/mol. The first-order valence-corrected chi connectivity index (χ1v) is 7.57. The van der Waals surface area contributed by atoms with Crippen molar-refractivity contribution in [2.24, 2.45) is 0 Å². The number of carboxylic acids is 1. The Kier molecular flexibility index (Phi) is 6.73. The molecule has 0 heterocycles. The number of carbonyl (C=O) groups is 1. The first-order valence-electron chi connectivity index (χ1n) is 7.57. The van der Waals surface area contributed by atoms with E-state index in [2.05, 4.69) is 6.92 Å². The summed E-state index contributed by atoms with van der Waals surface area (Å²) in [6.45, 7) is 4.08. The molecule has 0 fully saturated rings. The molecule has 3 nitrogen and oxygen atoms in total. The van der Waals surface area contributed by atoms with Crippen LogP contribution in [-0.4, -0.2) is 21.8 Å². The van der Waals surface area contributed by atoms with Crippen molar-refractivity contribution in [3.05, 3.63) is 35.9 Å². The number of aliphatic hydroxyl groups is 1. The summed E-state index contributed by atoms with van der Waals surface area (Å²) < 4.78 is 0. The molecule has 0 aromatic heterocycles. The number of hydrogen-bond acceptors (Lipinski definition) is 2. The Balaban J connectivity index is 3.08. The van der Waals surface area contributed by atoms with Crippen LogP contribution in [0.3, 0.4) is 0 Å². The molecular weight excluding hydrogens is 252 g/mol. The van der Waals surface area contributed by atoms with Gasteiger partial charge in [-0.15, -0.1) is 0 Å². The molecule has 112 valence electrons. The molecule has 2 atom stereocenters. The van der Waals surface area contributed by atoms with Gasteiger partial charge in [0, 0.05) is 5.92 Å². The van der Waals surface area contributed by atoms with Gasteiger partial charge in [0.05, 0.1) is 0 Å². The van der Waals surface area contributed by atoms with Gasteiger partial charge in [0.15, 0.2) is 5.60 Å². The van der Waals surface area contributed by atoms with E-state index < -0.39 is 11.6 Å². The number of benzene rings is 1. The maximum Gasteiger partial charge on any atom is 0.336 e. The third-order valence-corrected chi connectivity index (χ3v) is 3.91. The molecule has 0 saturated carbocycles. The maximum absolute atomic E-state index is 11.7. The minimum absolute atomic E-state index is 0.308. The lowest BCUT2D eigenvalue weighted by atomic mass is 9.76. The van der Waals surface area contributed by atoms with E-state index in [1.54, 1.807) is 0 Å². The zero-order chi connectivity index (χ0) is 15.0. The fraction of sp³-hybridized carbons (Fsp3) is 0.588. The van der Waals surface area contributed by atoms with Crippen LogP contribution in [0.5, 0.6) is 0 Å². The average Bonchev–Trinajstić information content (AvgIpc) is 2.46. The standard InChI is InChI=1S/C17H26O3/c1-3-5-12-15(14-10-8-7-9-11-14)17(20,16(18)19)13-6-4-2/h7-11,15,20H,3-6,12-13H2,1-2H3,(H,18,19). The van der Waals surface area contributed by atoms with E-state index in [-0.39, 0.29) is 5.92 Å². The molecule has 1 aromatic rings. The van der Waals surface area contributed by atoms with Crippen LogP contribution in [-0.2, 0) is 4.79 Å². The molecule has 0 aliphatic heterocycles. The normalized spacial score (nSPS) is 15.6. The zero-order valence-electron chi connectivity index (χ0n) is 12.5. The first-order chi connectivity index (χ1) is 9.56. The lowest BCUT2D eigenvalue weighted by Crippen LogP contribution is -2.44. The van der Waals surface area contributed by atoms with Crippen LogP contribution in [0.2, 0.25) is 0 Å².